The summed E-state index contributed by atoms with van der Waals surface area (Å²) in [6.45, 7) is 5.93. The third-order valence-electron chi connectivity index (χ3n) is 3.21. The van der Waals surface area contributed by atoms with Crippen LogP contribution in [0.15, 0.2) is 52.3 Å². The van der Waals surface area contributed by atoms with Crippen molar-refractivity contribution in [3.8, 4) is 0 Å². The zero-order valence-electron chi connectivity index (χ0n) is 11.9. The van der Waals surface area contributed by atoms with E-state index in [1.165, 1.54) is 23.4 Å². The minimum atomic E-state index is -0.645. The molecule has 0 amide bonds. The van der Waals surface area contributed by atoms with Crippen molar-refractivity contribution in [2.45, 2.75) is 42.6 Å². The van der Waals surface area contributed by atoms with Crippen LogP contribution in [-0.2, 0) is 0 Å². The Hall–Kier alpha value is -1.32. The fourth-order valence-electron chi connectivity index (χ4n) is 1.91. The summed E-state index contributed by atoms with van der Waals surface area (Å²) in [4.78, 5) is 1.59. The first-order valence-corrected chi connectivity index (χ1v) is 7.54. The van der Waals surface area contributed by atoms with E-state index in [4.69, 9.17) is 0 Å². The van der Waals surface area contributed by atoms with Crippen LogP contribution in [0.3, 0.4) is 0 Å². The minimum Gasteiger partial charge on any atom is -0.389 e. The molecule has 0 saturated heterocycles. The van der Waals surface area contributed by atoms with E-state index >= 15 is 0 Å². The maximum Gasteiger partial charge on any atom is 0.137 e. The number of aliphatic hydroxyl groups excluding tert-OH is 1. The van der Waals surface area contributed by atoms with E-state index in [1.807, 2.05) is 12.1 Å². The Bertz CT molecular complexity index is 576. The highest BCUT2D eigenvalue weighted by molar-refractivity contribution is 7.99. The Kier molecular flexibility index (Phi) is 4.84. The molecular formula is C17H19FOS. The van der Waals surface area contributed by atoms with Crippen molar-refractivity contribution in [1.29, 1.82) is 0 Å². The molecule has 2 rings (SSSR count). The van der Waals surface area contributed by atoms with Gasteiger partial charge in [0.15, 0.2) is 0 Å². The number of benzene rings is 2. The molecular weight excluding hydrogens is 271 g/mol. The van der Waals surface area contributed by atoms with E-state index in [2.05, 4.69) is 26.0 Å². The Morgan fingerprint density at radius 3 is 2.05 bits per heavy atom. The van der Waals surface area contributed by atoms with Gasteiger partial charge in [0.2, 0.25) is 0 Å². The number of rotatable bonds is 4. The van der Waals surface area contributed by atoms with Crippen LogP contribution < -0.4 is 0 Å². The lowest BCUT2D eigenvalue weighted by atomic mass is 10.0. The zero-order valence-corrected chi connectivity index (χ0v) is 12.7. The first kappa shape index (κ1) is 15.1. The maximum absolute atomic E-state index is 14.0. The average molecular weight is 290 g/mol. The van der Waals surface area contributed by atoms with Crippen molar-refractivity contribution in [1.82, 2.24) is 0 Å². The van der Waals surface area contributed by atoms with E-state index in [9.17, 15) is 9.50 Å². The topological polar surface area (TPSA) is 20.2 Å². The van der Waals surface area contributed by atoms with E-state index in [0.717, 1.165) is 4.90 Å². The van der Waals surface area contributed by atoms with Gasteiger partial charge >= 0.3 is 0 Å². The molecule has 1 atom stereocenters. The summed E-state index contributed by atoms with van der Waals surface area (Å²) in [5.74, 6) is 0.206. The molecule has 1 nitrogen and oxygen atoms in total. The van der Waals surface area contributed by atoms with Gasteiger partial charge in [-0.1, -0.05) is 43.8 Å². The van der Waals surface area contributed by atoms with Crippen LogP contribution >= 0.6 is 11.8 Å². The molecule has 0 unspecified atom stereocenters. The largest absolute Gasteiger partial charge is 0.389 e. The van der Waals surface area contributed by atoms with Crippen LogP contribution in [0, 0.1) is 5.82 Å². The molecule has 2 aromatic rings. The Labute approximate surface area is 123 Å². The smallest absolute Gasteiger partial charge is 0.137 e. The summed E-state index contributed by atoms with van der Waals surface area (Å²) in [6, 6.07) is 13.1. The highest BCUT2D eigenvalue weighted by Gasteiger charge is 2.08. The Morgan fingerprint density at radius 2 is 1.55 bits per heavy atom. The predicted molar refractivity (Wildman–Crippen MR) is 81.7 cm³/mol. The van der Waals surface area contributed by atoms with Crippen LogP contribution in [0.1, 0.15) is 43.9 Å². The highest BCUT2D eigenvalue weighted by atomic mass is 32.2. The maximum atomic E-state index is 14.0. The second-order valence-electron chi connectivity index (χ2n) is 5.19. The first-order chi connectivity index (χ1) is 9.47. The van der Waals surface area contributed by atoms with Crippen molar-refractivity contribution in [2.24, 2.45) is 0 Å². The quantitative estimate of drug-likeness (QED) is 0.840. The van der Waals surface area contributed by atoms with Gasteiger partial charge in [-0.2, -0.15) is 0 Å². The number of aliphatic hydroxyl groups is 1. The summed E-state index contributed by atoms with van der Waals surface area (Å²) in [5, 5.41) is 9.44. The van der Waals surface area contributed by atoms with Crippen molar-refractivity contribution < 1.29 is 9.50 Å². The van der Waals surface area contributed by atoms with Crippen LogP contribution in [0.4, 0.5) is 4.39 Å². The predicted octanol–water partition coefficient (Wildman–Crippen LogP) is 5.15. The fraction of sp³-hybridized carbons (Fsp3) is 0.294. The van der Waals surface area contributed by atoms with Gasteiger partial charge in [-0.05, 0) is 48.2 Å². The normalized spacial score (nSPS) is 12.7. The third-order valence-corrected chi connectivity index (χ3v) is 4.27. The van der Waals surface area contributed by atoms with Crippen molar-refractivity contribution >= 4 is 11.8 Å². The molecule has 20 heavy (non-hydrogen) atoms. The molecule has 0 aliphatic carbocycles. The lowest BCUT2D eigenvalue weighted by Crippen LogP contribution is -1.93. The lowest BCUT2D eigenvalue weighted by Gasteiger charge is -2.09. The molecule has 0 aromatic heterocycles. The molecule has 106 valence electrons. The van der Waals surface area contributed by atoms with E-state index in [0.29, 0.717) is 16.4 Å². The second kappa shape index (κ2) is 6.42. The Balaban J connectivity index is 2.17. The number of hydrogen-bond acceptors (Lipinski definition) is 2. The van der Waals surface area contributed by atoms with Gasteiger partial charge in [0, 0.05) is 9.79 Å². The molecule has 0 bridgehead atoms. The lowest BCUT2D eigenvalue weighted by molar-refractivity contribution is 0.198. The van der Waals surface area contributed by atoms with Gasteiger partial charge in [0.1, 0.15) is 5.82 Å². The SMILES string of the molecule is CC(C)c1ccc(Sc2ccc([C@@H](C)O)cc2F)cc1. The average Bonchev–Trinajstić information content (AvgIpc) is 2.41. The standard InChI is InChI=1S/C17H19FOS/c1-11(2)13-4-7-15(8-5-13)20-17-9-6-14(12(3)19)10-16(17)18/h4-12,19H,1-3H3/t12-/m1/s1. The van der Waals surface area contributed by atoms with Crippen LogP contribution in [0.5, 0.6) is 0 Å². The molecule has 0 fully saturated rings. The molecule has 2 aromatic carbocycles. The molecule has 0 radical (unpaired) electrons. The molecule has 0 heterocycles. The number of halogens is 1. The number of hydrogen-bond donors (Lipinski definition) is 1. The van der Waals surface area contributed by atoms with Gasteiger partial charge < -0.3 is 5.11 Å². The summed E-state index contributed by atoms with van der Waals surface area (Å²) in [5.41, 5.74) is 1.88. The molecule has 0 spiro atoms. The fourth-order valence-corrected chi connectivity index (χ4v) is 2.73. The van der Waals surface area contributed by atoms with Crippen LogP contribution in [0.25, 0.3) is 0 Å². The van der Waals surface area contributed by atoms with Crippen molar-refractivity contribution in [3.05, 3.63) is 59.4 Å². The van der Waals surface area contributed by atoms with Gasteiger partial charge in [-0.15, -0.1) is 0 Å². The molecule has 0 aliphatic rings. The van der Waals surface area contributed by atoms with Crippen molar-refractivity contribution in [3.63, 3.8) is 0 Å². The first-order valence-electron chi connectivity index (χ1n) is 6.72. The van der Waals surface area contributed by atoms with Gasteiger partial charge in [0.25, 0.3) is 0 Å². The van der Waals surface area contributed by atoms with Gasteiger partial charge in [-0.25, -0.2) is 4.39 Å². The molecule has 1 N–H and O–H groups in total. The van der Waals surface area contributed by atoms with Gasteiger partial charge in [0.05, 0.1) is 6.10 Å². The minimum absolute atomic E-state index is 0.290. The van der Waals surface area contributed by atoms with E-state index < -0.39 is 6.10 Å². The van der Waals surface area contributed by atoms with Gasteiger partial charge in [-0.3, -0.25) is 0 Å². The monoisotopic (exact) mass is 290 g/mol. The third kappa shape index (κ3) is 3.62. The highest BCUT2D eigenvalue weighted by Crippen LogP contribution is 2.32. The molecule has 3 heteroatoms. The van der Waals surface area contributed by atoms with E-state index in [-0.39, 0.29) is 5.82 Å². The summed E-state index contributed by atoms with van der Waals surface area (Å²) >= 11 is 1.40. The summed E-state index contributed by atoms with van der Waals surface area (Å²) < 4.78 is 14.0. The van der Waals surface area contributed by atoms with Crippen LogP contribution in [-0.4, -0.2) is 5.11 Å². The summed E-state index contributed by atoms with van der Waals surface area (Å²) in [6.07, 6.45) is -0.645. The molecule has 0 saturated carbocycles. The van der Waals surface area contributed by atoms with Crippen molar-refractivity contribution in [2.75, 3.05) is 0 Å². The zero-order chi connectivity index (χ0) is 14.7. The molecule has 0 aliphatic heterocycles. The Morgan fingerprint density at radius 1 is 0.950 bits per heavy atom. The second-order valence-corrected chi connectivity index (χ2v) is 6.31. The summed E-state index contributed by atoms with van der Waals surface area (Å²) in [7, 11) is 0. The van der Waals surface area contributed by atoms with E-state index in [1.54, 1.807) is 19.1 Å². The van der Waals surface area contributed by atoms with Crippen LogP contribution in [0.2, 0.25) is 0 Å².